The lowest BCUT2D eigenvalue weighted by molar-refractivity contribution is 0.324. The van der Waals surface area contributed by atoms with Crippen molar-refractivity contribution in [1.82, 2.24) is 15.3 Å². The van der Waals surface area contributed by atoms with Gasteiger partial charge in [-0.2, -0.15) is 4.98 Å². The van der Waals surface area contributed by atoms with Gasteiger partial charge in [0.1, 0.15) is 5.82 Å². The molecule has 0 radical (unpaired) electrons. The quantitative estimate of drug-likeness (QED) is 0.378. The zero-order chi connectivity index (χ0) is 23.9. The molecule has 1 heterocycles. The predicted octanol–water partition coefficient (Wildman–Crippen LogP) is 5.94. The molecule has 1 aromatic heterocycles. The number of fused-ring (bicyclic) bond motifs is 1. The summed E-state index contributed by atoms with van der Waals surface area (Å²) in [4.78, 5) is 14.0. The van der Waals surface area contributed by atoms with E-state index in [2.05, 4.69) is 70.7 Å². The van der Waals surface area contributed by atoms with Gasteiger partial charge in [-0.25, -0.2) is 4.98 Å². The van der Waals surface area contributed by atoms with E-state index in [4.69, 9.17) is 9.97 Å². The van der Waals surface area contributed by atoms with Gasteiger partial charge in [0.05, 0.1) is 5.52 Å². The summed E-state index contributed by atoms with van der Waals surface area (Å²) in [5.41, 5.74) is 3.66. The average molecular weight is 477 g/mol. The van der Waals surface area contributed by atoms with E-state index in [9.17, 15) is 0 Å². The highest BCUT2D eigenvalue weighted by Gasteiger charge is 2.22. The summed E-state index contributed by atoms with van der Waals surface area (Å²) in [5, 5.41) is 8.40. The fourth-order valence-electron chi connectivity index (χ4n) is 4.99. The van der Waals surface area contributed by atoms with E-state index < -0.39 is 0 Å². The molecule has 0 spiro atoms. The number of anilines is 3. The van der Waals surface area contributed by atoms with E-state index >= 15 is 0 Å². The second-order valence-corrected chi connectivity index (χ2v) is 9.61. The van der Waals surface area contributed by atoms with Crippen LogP contribution < -0.4 is 20.4 Å². The van der Waals surface area contributed by atoms with Crippen LogP contribution in [0, 0.1) is 5.92 Å². The first-order valence-electron chi connectivity index (χ1n) is 12.8. The van der Waals surface area contributed by atoms with E-state index in [1.165, 1.54) is 36.9 Å². The van der Waals surface area contributed by atoms with Crippen molar-refractivity contribution >= 4 is 28.4 Å². The minimum Gasteiger partial charge on any atom is -0.372 e. The van der Waals surface area contributed by atoms with Gasteiger partial charge in [-0.05, 0) is 81.8 Å². The molecule has 1 aliphatic rings. The Hall–Kier alpha value is -2.86. The van der Waals surface area contributed by atoms with Crippen LogP contribution in [0.2, 0.25) is 0 Å². The number of nitrogens with zero attached hydrogens (tertiary/aromatic N) is 4. The van der Waals surface area contributed by atoms with E-state index in [1.807, 2.05) is 26.2 Å². The lowest BCUT2D eigenvalue weighted by atomic mass is 9.86. The van der Waals surface area contributed by atoms with Crippen LogP contribution in [-0.4, -0.2) is 49.7 Å². The minimum absolute atomic E-state index is 0. The molecule has 0 unspecified atom stereocenters. The van der Waals surface area contributed by atoms with Crippen molar-refractivity contribution in [3.8, 4) is 0 Å². The molecule has 0 amide bonds. The molecule has 2 N–H and O–H groups in total. The Bertz CT molecular complexity index is 1040. The standard InChI is InChI=1S/C28H40N6.CH4/c1-5-34(6-2)24-17-13-22(14-18-24)20-29-19-21-11-15-23(16-12-21)30-28-31-26-10-8-7-9-25(26)27(32-28)33(3)4;/h7-10,13-14,17-18,21,23,29H,5-6,11-12,15-16,19-20H2,1-4H3,(H,30,31,32);1H4. The van der Waals surface area contributed by atoms with Gasteiger partial charge in [0.25, 0.3) is 0 Å². The van der Waals surface area contributed by atoms with Gasteiger partial charge in [0.2, 0.25) is 5.95 Å². The lowest BCUT2D eigenvalue weighted by Crippen LogP contribution is -2.31. The van der Waals surface area contributed by atoms with Gasteiger partial charge in [-0.15, -0.1) is 0 Å². The van der Waals surface area contributed by atoms with Crippen molar-refractivity contribution < 1.29 is 0 Å². The summed E-state index contributed by atoms with van der Waals surface area (Å²) in [6.07, 6.45) is 4.80. The fourth-order valence-corrected chi connectivity index (χ4v) is 4.99. The maximum atomic E-state index is 4.81. The number of hydrogen-bond donors (Lipinski definition) is 2. The molecular formula is C29H44N6. The highest BCUT2D eigenvalue weighted by Crippen LogP contribution is 2.28. The summed E-state index contributed by atoms with van der Waals surface area (Å²) >= 11 is 0. The second kappa shape index (κ2) is 12.7. The maximum Gasteiger partial charge on any atom is 0.225 e. The third-order valence-electron chi connectivity index (χ3n) is 7.01. The Morgan fingerprint density at radius 1 is 0.886 bits per heavy atom. The summed E-state index contributed by atoms with van der Waals surface area (Å²) in [7, 11) is 4.08. The van der Waals surface area contributed by atoms with Crippen LogP contribution in [0.1, 0.15) is 52.5 Å². The number of nitrogens with one attached hydrogen (secondary N) is 2. The number of hydrogen-bond acceptors (Lipinski definition) is 6. The smallest absolute Gasteiger partial charge is 0.225 e. The Balaban J connectivity index is 0.00000342. The SMILES string of the molecule is C.CCN(CC)c1ccc(CNCC2CCC(Nc3nc(N(C)C)c4ccccc4n3)CC2)cc1. The topological polar surface area (TPSA) is 56.3 Å². The summed E-state index contributed by atoms with van der Waals surface area (Å²) in [6, 6.07) is 17.7. The van der Waals surface area contributed by atoms with Gasteiger partial charge in [-0.3, -0.25) is 0 Å². The van der Waals surface area contributed by atoms with Crippen molar-refractivity contribution in [3.05, 3.63) is 54.1 Å². The van der Waals surface area contributed by atoms with E-state index in [0.717, 1.165) is 54.8 Å². The predicted molar refractivity (Wildman–Crippen MR) is 152 cm³/mol. The highest BCUT2D eigenvalue weighted by atomic mass is 15.2. The van der Waals surface area contributed by atoms with Crippen LogP contribution in [0.5, 0.6) is 0 Å². The number of para-hydroxylation sites is 1. The van der Waals surface area contributed by atoms with Crippen molar-refractivity contribution in [2.45, 2.75) is 59.5 Å². The zero-order valence-electron chi connectivity index (χ0n) is 21.2. The summed E-state index contributed by atoms with van der Waals surface area (Å²) in [6.45, 7) is 8.54. The Morgan fingerprint density at radius 2 is 1.57 bits per heavy atom. The van der Waals surface area contributed by atoms with E-state index in [0.29, 0.717) is 6.04 Å². The van der Waals surface area contributed by atoms with Crippen LogP contribution in [-0.2, 0) is 6.54 Å². The van der Waals surface area contributed by atoms with Crippen LogP contribution in [0.4, 0.5) is 17.5 Å². The molecule has 1 aliphatic carbocycles. The Labute approximate surface area is 212 Å². The fraction of sp³-hybridized carbons (Fsp3) is 0.517. The molecular weight excluding hydrogens is 432 g/mol. The first kappa shape index (κ1) is 26.7. The monoisotopic (exact) mass is 476 g/mol. The largest absolute Gasteiger partial charge is 0.372 e. The van der Waals surface area contributed by atoms with Crippen molar-refractivity contribution in [3.63, 3.8) is 0 Å². The molecule has 35 heavy (non-hydrogen) atoms. The van der Waals surface area contributed by atoms with Crippen LogP contribution in [0.3, 0.4) is 0 Å². The molecule has 190 valence electrons. The van der Waals surface area contributed by atoms with Gasteiger partial charge < -0.3 is 20.4 Å². The molecule has 6 nitrogen and oxygen atoms in total. The van der Waals surface area contributed by atoms with Crippen LogP contribution >= 0.6 is 0 Å². The highest BCUT2D eigenvalue weighted by molar-refractivity contribution is 5.90. The molecule has 1 saturated carbocycles. The molecule has 0 aliphatic heterocycles. The van der Waals surface area contributed by atoms with Crippen molar-refractivity contribution in [2.24, 2.45) is 5.92 Å². The van der Waals surface area contributed by atoms with Gasteiger partial charge >= 0.3 is 0 Å². The maximum absolute atomic E-state index is 4.81. The third-order valence-corrected chi connectivity index (χ3v) is 7.01. The van der Waals surface area contributed by atoms with Crippen molar-refractivity contribution in [1.29, 1.82) is 0 Å². The molecule has 6 heteroatoms. The first-order chi connectivity index (χ1) is 16.6. The molecule has 0 saturated heterocycles. The molecule has 0 atom stereocenters. The zero-order valence-corrected chi connectivity index (χ0v) is 21.2. The molecule has 2 aromatic carbocycles. The van der Waals surface area contributed by atoms with Gasteiger partial charge in [-0.1, -0.05) is 31.7 Å². The third kappa shape index (κ3) is 6.85. The minimum atomic E-state index is 0. The van der Waals surface area contributed by atoms with Crippen molar-refractivity contribution in [2.75, 3.05) is 48.8 Å². The van der Waals surface area contributed by atoms with Gasteiger partial charge in [0, 0.05) is 50.8 Å². The molecule has 0 bridgehead atoms. The van der Waals surface area contributed by atoms with E-state index in [1.54, 1.807) is 0 Å². The number of rotatable bonds is 10. The summed E-state index contributed by atoms with van der Waals surface area (Å²) in [5.74, 6) is 2.45. The van der Waals surface area contributed by atoms with E-state index in [-0.39, 0.29) is 7.43 Å². The molecule has 3 aromatic rings. The molecule has 1 fully saturated rings. The number of benzene rings is 2. The van der Waals surface area contributed by atoms with Crippen LogP contribution in [0.15, 0.2) is 48.5 Å². The second-order valence-electron chi connectivity index (χ2n) is 9.61. The molecule has 4 rings (SSSR count). The first-order valence-corrected chi connectivity index (χ1v) is 12.8. The Kier molecular flexibility index (Phi) is 9.73. The van der Waals surface area contributed by atoms with Crippen LogP contribution in [0.25, 0.3) is 10.9 Å². The summed E-state index contributed by atoms with van der Waals surface area (Å²) < 4.78 is 0. The Morgan fingerprint density at radius 3 is 2.23 bits per heavy atom. The van der Waals surface area contributed by atoms with Gasteiger partial charge in [0.15, 0.2) is 0 Å². The normalized spacial score (nSPS) is 17.6. The average Bonchev–Trinajstić information content (AvgIpc) is 2.86. The lowest BCUT2D eigenvalue weighted by Gasteiger charge is -2.29. The number of aromatic nitrogens is 2.